The lowest BCUT2D eigenvalue weighted by atomic mass is 10.2. The van der Waals surface area contributed by atoms with E-state index in [9.17, 15) is 4.79 Å². The minimum atomic E-state index is -0.458. The third kappa shape index (κ3) is 4.96. The van der Waals surface area contributed by atoms with Gasteiger partial charge in [0.2, 0.25) is 0 Å². The van der Waals surface area contributed by atoms with Gasteiger partial charge in [-0.05, 0) is 31.0 Å². The molecule has 0 aromatic heterocycles. The van der Waals surface area contributed by atoms with Crippen molar-refractivity contribution in [3.05, 3.63) is 29.3 Å². The Bertz CT molecular complexity index is 382. The maximum Gasteiger partial charge on any atom is 0.261 e. The summed E-state index contributed by atoms with van der Waals surface area (Å²) in [6.45, 7) is 4.71. The Hall–Kier alpha value is -1.22. The Kier molecular flexibility index (Phi) is 6.58. The lowest BCUT2D eigenvalue weighted by Gasteiger charge is -2.17. The van der Waals surface area contributed by atoms with Gasteiger partial charge in [-0.1, -0.05) is 37.9 Å². The summed E-state index contributed by atoms with van der Waals surface area (Å²) in [6.07, 6.45) is 2.22. The topological polar surface area (TPSA) is 38.3 Å². The molecule has 0 spiro atoms. The minimum absolute atomic E-state index is 0.0640. The summed E-state index contributed by atoms with van der Waals surface area (Å²) < 4.78 is 5.64. The Labute approximate surface area is 113 Å². The molecule has 1 aromatic rings. The highest BCUT2D eigenvalue weighted by Crippen LogP contribution is 2.19. The van der Waals surface area contributed by atoms with E-state index in [4.69, 9.17) is 16.3 Å². The molecule has 0 fully saturated rings. The van der Waals surface area contributed by atoms with E-state index < -0.39 is 6.10 Å². The zero-order valence-corrected chi connectivity index (χ0v) is 11.7. The molecule has 3 nitrogen and oxygen atoms in total. The summed E-state index contributed by atoms with van der Waals surface area (Å²) in [7, 11) is 0. The highest BCUT2D eigenvalue weighted by atomic mass is 35.5. The molecular weight excluding hydrogens is 250 g/mol. The number of rotatable bonds is 7. The fraction of sp³-hybridized carbons (Fsp3) is 0.500. The fourth-order valence-electron chi connectivity index (χ4n) is 1.53. The Morgan fingerprint density at radius 1 is 1.44 bits per heavy atom. The fourth-order valence-corrected chi connectivity index (χ4v) is 1.71. The van der Waals surface area contributed by atoms with Crippen LogP contribution in [0.2, 0.25) is 5.02 Å². The van der Waals surface area contributed by atoms with Gasteiger partial charge in [0.25, 0.3) is 5.91 Å². The van der Waals surface area contributed by atoms with Crippen LogP contribution in [0.4, 0.5) is 0 Å². The first-order valence-electron chi connectivity index (χ1n) is 6.37. The first kappa shape index (κ1) is 14.8. The number of benzene rings is 1. The summed E-state index contributed by atoms with van der Waals surface area (Å²) >= 11 is 5.87. The van der Waals surface area contributed by atoms with E-state index in [1.807, 2.05) is 6.92 Å². The number of carbonyl (C=O) groups is 1. The normalized spacial score (nSPS) is 11.9. The van der Waals surface area contributed by atoms with Crippen LogP contribution >= 0.6 is 11.6 Å². The van der Waals surface area contributed by atoms with Crippen LogP contribution in [0.3, 0.4) is 0 Å². The Morgan fingerprint density at radius 3 is 2.83 bits per heavy atom. The van der Waals surface area contributed by atoms with Crippen molar-refractivity contribution in [2.24, 2.45) is 0 Å². The van der Waals surface area contributed by atoms with Crippen molar-refractivity contribution in [1.82, 2.24) is 5.32 Å². The van der Waals surface area contributed by atoms with Gasteiger partial charge in [0.1, 0.15) is 5.75 Å². The molecule has 0 aliphatic heterocycles. The average Bonchev–Trinajstić information content (AvgIpc) is 2.36. The number of unbranched alkanes of at least 4 members (excludes halogenated alkanes) is 1. The van der Waals surface area contributed by atoms with E-state index >= 15 is 0 Å². The molecule has 0 aliphatic carbocycles. The van der Waals surface area contributed by atoms with Crippen LogP contribution in [0.5, 0.6) is 5.75 Å². The van der Waals surface area contributed by atoms with Gasteiger partial charge < -0.3 is 10.1 Å². The maximum atomic E-state index is 11.9. The van der Waals surface area contributed by atoms with E-state index in [-0.39, 0.29) is 5.91 Å². The molecule has 1 aromatic carbocycles. The first-order chi connectivity index (χ1) is 8.67. The predicted molar refractivity (Wildman–Crippen MR) is 74.1 cm³/mol. The number of amides is 1. The number of carbonyl (C=O) groups excluding carboxylic acids is 1. The van der Waals surface area contributed by atoms with Crippen molar-refractivity contribution < 1.29 is 9.53 Å². The third-order valence-corrected chi connectivity index (χ3v) is 2.80. The lowest BCUT2D eigenvalue weighted by Crippen LogP contribution is -2.38. The minimum Gasteiger partial charge on any atom is -0.481 e. The highest BCUT2D eigenvalue weighted by molar-refractivity contribution is 6.30. The second kappa shape index (κ2) is 7.98. The van der Waals surface area contributed by atoms with Crippen molar-refractivity contribution in [2.45, 2.75) is 39.2 Å². The molecule has 0 saturated heterocycles. The van der Waals surface area contributed by atoms with Gasteiger partial charge in [-0.3, -0.25) is 4.79 Å². The zero-order chi connectivity index (χ0) is 13.4. The Balaban J connectivity index is 2.53. The summed E-state index contributed by atoms with van der Waals surface area (Å²) in [5.74, 6) is 0.561. The molecule has 18 heavy (non-hydrogen) atoms. The maximum absolute atomic E-state index is 11.9. The number of ether oxygens (including phenoxy) is 1. The van der Waals surface area contributed by atoms with Crippen molar-refractivity contribution in [1.29, 1.82) is 0 Å². The van der Waals surface area contributed by atoms with E-state index in [0.29, 0.717) is 23.7 Å². The van der Waals surface area contributed by atoms with E-state index in [0.717, 1.165) is 12.8 Å². The van der Waals surface area contributed by atoms with Crippen molar-refractivity contribution in [3.63, 3.8) is 0 Å². The van der Waals surface area contributed by atoms with E-state index in [1.165, 1.54) is 0 Å². The van der Waals surface area contributed by atoms with Crippen molar-refractivity contribution >= 4 is 17.5 Å². The van der Waals surface area contributed by atoms with Crippen LogP contribution < -0.4 is 10.1 Å². The Morgan fingerprint density at radius 2 is 2.22 bits per heavy atom. The zero-order valence-electron chi connectivity index (χ0n) is 10.9. The van der Waals surface area contributed by atoms with Crippen LogP contribution in [-0.4, -0.2) is 18.6 Å². The molecular formula is C14H20ClNO2. The molecule has 100 valence electrons. The van der Waals surface area contributed by atoms with E-state index in [2.05, 4.69) is 12.2 Å². The lowest BCUT2D eigenvalue weighted by molar-refractivity contribution is -0.128. The van der Waals surface area contributed by atoms with Gasteiger partial charge in [-0.25, -0.2) is 0 Å². The quantitative estimate of drug-likeness (QED) is 0.771. The second-order valence-corrected chi connectivity index (χ2v) is 4.55. The standard InChI is InChI=1S/C14H20ClNO2/c1-3-5-9-16-14(17)13(4-2)18-12-8-6-7-11(15)10-12/h6-8,10,13H,3-5,9H2,1-2H3,(H,16,17)/t13-/m1/s1. The molecule has 0 heterocycles. The third-order valence-electron chi connectivity index (χ3n) is 2.57. The molecule has 1 rings (SSSR count). The van der Waals surface area contributed by atoms with Crippen LogP contribution in [0.25, 0.3) is 0 Å². The van der Waals surface area contributed by atoms with Gasteiger partial charge in [-0.2, -0.15) is 0 Å². The molecule has 0 saturated carbocycles. The molecule has 1 amide bonds. The van der Waals surface area contributed by atoms with Gasteiger partial charge in [-0.15, -0.1) is 0 Å². The van der Waals surface area contributed by atoms with Gasteiger partial charge in [0, 0.05) is 11.6 Å². The predicted octanol–water partition coefficient (Wildman–Crippen LogP) is 3.41. The summed E-state index contributed by atoms with van der Waals surface area (Å²) in [6, 6.07) is 7.09. The van der Waals surface area contributed by atoms with Crippen LogP contribution in [-0.2, 0) is 4.79 Å². The number of nitrogens with one attached hydrogen (secondary N) is 1. The SMILES string of the molecule is CCCCNC(=O)[C@@H](CC)Oc1cccc(Cl)c1. The number of hydrogen-bond acceptors (Lipinski definition) is 2. The molecule has 0 aliphatic rings. The molecule has 4 heteroatoms. The average molecular weight is 270 g/mol. The molecule has 0 unspecified atom stereocenters. The van der Waals surface area contributed by atoms with Gasteiger partial charge in [0.15, 0.2) is 6.10 Å². The summed E-state index contributed by atoms with van der Waals surface area (Å²) in [4.78, 5) is 11.9. The molecule has 1 N–H and O–H groups in total. The molecule has 1 atom stereocenters. The van der Waals surface area contributed by atoms with E-state index in [1.54, 1.807) is 24.3 Å². The first-order valence-corrected chi connectivity index (χ1v) is 6.75. The second-order valence-electron chi connectivity index (χ2n) is 4.12. The summed E-state index contributed by atoms with van der Waals surface area (Å²) in [5, 5.41) is 3.48. The van der Waals surface area contributed by atoms with Crippen molar-refractivity contribution in [3.8, 4) is 5.75 Å². The largest absolute Gasteiger partial charge is 0.481 e. The highest BCUT2D eigenvalue weighted by Gasteiger charge is 2.17. The summed E-state index contributed by atoms with van der Waals surface area (Å²) in [5.41, 5.74) is 0. The van der Waals surface area contributed by atoms with Crippen LogP contribution in [0.15, 0.2) is 24.3 Å². The smallest absolute Gasteiger partial charge is 0.261 e. The van der Waals surface area contributed by atoms with Gasteiger partial charge >= 0.3 is 0 Å². The molecule has 0 radical (unpaired) electrons. The van der Waals surface area contributed by atoms with Crippen LogP contribution in [0.1, 0.15) is 33.1 Å². The van der Waals surface area contributed by atoms with Gasteiger partial charge in [0.05, 0.1) is 0 Å². The monoisotopic (exact) mass is 269 g/mol. The molecule has 0 bridgehead atoms. The van der Waals surface area contributed by atoms with Crippen molar-refractivity contribution in [2.75, 3.05) is 6.54 Å². The number of halogens is 1. The van der Waals surface area contributed by atoms with Crippen LogP contribution in [0, 0.1) is 0 Å². The number of hydrogen-bond donors (Lipinski definition) is 1.